The molecule has 104 valence electrons. The Morgan fingerprint density at radius 2 is 1.85 bits per heavy atom. The quantitative estimate of drug-likeness (QED) is 0.893. The summed E-state index contributed by atoms with van der Waals surface area (Å²) in [5.74, 6) is -0.595. The highest BCUT2D eigenvalue weighted by atomic mass is 19.1. The van der Waals surface area contributed by atoms with Crippen LogP contribution in [0.3, 0.4) is 0 Å². The Morgan fingerprint density at radius 3 is 2.50 bits per heavy atom. The van der Waals surface area contributed by atoms with Crippen LogP contribution >= 0.6 is 0 Å². The number of halogens is 1. The highest BCUT2D eigenvalue weighted by molar-refractivity contribution is 6.08. The molecule has 0 aromatic heterocycles. The van der Waals surface area contributed by atoms with Gasteiger partial charge >= 0.3 is 0 Å². The van der Waals surface area contributed by atoms with E-state index in [4.69, 9.17) is 0 Å². The lowest BCUT2D eigenvalue weighted by Gasteiger charge is -2.11. The van der Waals surface area contributed by atoms with Gasteiger partial charge in [0.05, 0.1) is 5.56 Å². The zero-order valence-corrected chi connectivity index (χ0v) is 11.8. The average Bonchev–Trinajstić information content (AvgIpc) is 2.43. The molecular weight excluding hydrogens is 255 g/mol. The molecule has 0 saturated carbocycles. The minimum absolute atomic E-state index is 0.263. The van der Waals surface area contributed by atoms with E-state index in [0.29, 0.717) is 16.8 Å². The molecule has 3 nitrogen and oxygen atoms in total. The molecule has 2 rings (SSSR count). The molecule has 0 spiro atoms. The van der Waals surface area contributed by atoms with Crippen molar-refractivity contribution in [2.75, 3.05) is 17.7 Å². The predicted molar refractivity (Wildman–Crippen MR) is 79.8 cm³/mol. The van der Waals surface area contributed by atoms with E-state index in [2.05, 4.69) is 10.6 Å². The maximum atomic E-state index is 13.5. The smallest absolute Gasteiger partial charge is 0.257 e. The zero-order valence-electron chi connectivity index (χ0n) is 11.8. The largest absolute Gasteiger partial charge is 0.387 e. The molecule has 0 saturated heterocycles. The first-order valence-corrected chi connectivity index (χ1v) is 6.37. The van der Waals surface area contributed by atoms with Crippen molar-refractivity contribution in [2.45, 2.75) is 13.8 Å². The number of nitrogens with one attached hydrogen (secondary N) is 2. The van der Waals surface area contributed by atoms with E-state index in [1.807, 2.05) is 19.1 Å². The molecule has 0 aliphatic rings. The van der Waals surface area contributed by atoms with Crippen molar-refractivity contribution in [3.63, 3.8) is 0 Å². The Labute approximate surface area is 117 Å². The van der Waals surface area contributed by atoms with Gasteiger partial charge in [-0.25, -0.2) is 4.39 Å². The standard InChI is InChI=1S/C16H17FN2O/c1-10-4-7-15(18-3)13(8-10)16(20)19-12-6-5-11(2)14(17)9-12/h4-9,18H,1-3H3,(H,19,20). The molecular formula is C16H17FN2O. The number of anilines is 2. The Kier molecular flexibility index (Phi) is 4.03. The van der Waals surface area contributed by atoms with Crippen molar-refractivity contribution in [3.8, 4) is 0 Å². The van der Waals surface area contributed by atoms with Gasteiger partial charge in [-0.1, -0.05) is 17.7 Å². The van der Waals surface area contributed by atoms with Crippen LogP contribution in [0.5, 0.6) is 0 Å². The predicted octanol–water partition coefficient (Wildman–Crippen LogP) is 3.74. The highest BCUT2D eigenvalue weighted by Gasteiger charge is 2.12. The van der Waals surface area contributed by atoms with Crippen LogP contribution in [-0.2, 0) is 0 Å². The van der Waals surface area contributed by atoms with Gasteiger partial charge in [-0.05, 0) is 43.7 Å². The molecule has 0 aliphatic carbocycles. The molecule has 0 unspecified atom stereocenters. The second-order valence-corrected chi connectivity index (χ2v) is 4.72. The van der Waals surface area contributed by atoms with Crippen molar-refractivity contribution < 1.29 is 9.18 Å². The summed E-state index contributed by atoms with van der Waals surface area (Å²) in [6.45, 7) is 3.60. The Bertz CT molecular complexity index is 653. The van der Waals surface area contributed by atoms with Crippen LogP contribution in [0.1, 0.15) is 21.5 Å². The second kappa shape index (κ2) is 5.74. The molecule has 0 heterocycles. The van der Waals surface area contributed by atoms with Gasteiger partial charge in [-0.15, -0.1) is 0 Å². The van der Waals surface area contributed by atoms with Gasteiger partial charge in [-0.3, -0.25) is 4.79 Å². The van der Waals surface area contributed by atoms with Crippen molar-refractivity contribution in [3.05, 3.63) is 58.9 Å². The van der Waals surface area contributed by atoms with Crippen molar-refractivity contribution in [1.82, 2.24) is 0 Å². The van der Waals surface area contributed by atoms with E-state index in [-0.39, 0.29) is 11.7 Å². The molecule has 0 fully saturated rings. The maximum absolute atomic E-state index is 13.5. The van der Waals surface area contributed by atoms with Crippen LogP contribution in [-0.4, -0.2) is 13.0 Å². The summed E-state index contributed by atoms with van der Waals surface area (Å²) in [6, 6.07) is 10.2. The third-order valence-corrected chi connectivity index (χ3v) is 3.12. The number of rotatable bonds is 3. The summed E-state index contributed by atoms with van der Waals surface area (Å²) in [5.41, 5.74) is 3.26. The molecule has 2 aromatic rings. The van der Waals surface area contributed by atoms with E-state index in [0.717, 1.165) is 11.3 Å². The third-order valence-electron chi connectivity index (χ3n) is 3.12. The van der Waals surface area contributed by atoms with Crippen molar-refractivity contribution in [2.24, 2.45) is 0 Å². The Hall–Kier alpha value is -2.36. The lowest BCUT2D eigenvalue weighted by molar-refractivity contribution is 0.102. The van der Waals surface area contributed by atoms with Crippen LogP contribution < -0.4 is 10.6 Å². The van der Waals surface area contributed by atoms with Gasteiger partial charge in [0.15, 0.2) is 0 Å². The monoisotopic (exact) mass is 272 g/mol. The number of hydrogen-bond donors (Lipinski definition) is 2. The van der Waals surface area contributed by atoms with Crippen molar-refractivity contribution >= 4 is 17.3 Å². The molecule has 2 N–H and O–H groups in total. The number of carbonyl (C=O) groups is 1. The summed E-state index contributed by atoms with van der Waals surface area (Å²) in [4.78, 5) is 12.3. The van der Waals surface area contributed by atoms with Crippen LogP contribution in [0.15, 0.2) is 36.4 Å². The minimum atomic E-state index is -0.333. The SMILES string of the molecule is CNc1ccc(C)cc1C(=O)Nc1ccc(C)c(F)c1. The molecule has 1 amide bonds. The van der Waals surface area contributed by atoms with Gasteiger partial charge in [0.1, 0.15) is 5.82 Å². The van der Waals surface area contributed by atoms with Gasteiger partial charge < -0.3 is 10.6 Å². The molecule has 0 radical (unpaired) electrons. The van der Waals surface area contributed by atoms with E-state index in [1.165, 1.54) is 6.07 Å². The van der Waals surface area contributed by atoms with Gasteiger partial charge in [0, 0.05) is 18.4 Å². The van der Waals surface area contributed by atoms with E-state index in [1.54, 1.807) is 32.2 Å². The second-order valence-electron chi connectivity index (χ2n) is 4.72. The number of amides is 1. The first kappa shape index (κ1) is 14.1. The maximum Gasteiger partial charge on any atom is 0.257 e. The summed E-state index contributed by atoms with van der Waals surface area (Å²) in [7, 11) is 1.76. The molecule has 0 bridgehead atoms. The first-order chi connectivity index (χ1) is 9.51. The number of hydrogen-bond acceptors (Lipinski definition) is 2. The van der Waals surface area contributed by atoms with Crippen LogP contribution in [0.4, 0.5) is 15.8 Å². The Balaban J connectivity index is 2.27. The summed E-state index contributed by atoms with van der Waals surface area (Å²) in [5, 5.41) is 5.68. The first-order valence-electron chi connectivity index (χ1n) is 6.37. The fourth-order valence-electron chi connectivity index (χ4n) is 1.93. The normalized spacial score (nSPS) is 10.2. The Morgan fingerprint density at radius 1 is 1.10 bits per heavy atom. The molecule has 0 aliphatic heterocycles. The summed E-state index contributed by atoms with van der Waals surface area (Å²) in [6.07, 6.45) is 0. The van der Waals surface area contributed by atoms with Gasteiger partial charge in [0.2, 0.25) is 0 Å². The number of benzene rings is 2. The molecule has 0 atom stereocenters. The van der Waals surface area contributed by atoms with E-state index in [9.17, 15) is 9.18 Å². The molecule has 4 heteroatoms. The fraction of sp³-hybridized carbons (Fsp3) is 0.188. The lowest BCUT2D eigenvalue weighted by atomic mass is 10.1. The summed E-state index contributed by atoms with van der Waals surface area (Å²) >= 11 is 0. The number of aryl methyl sites for hydroxylation is 2. The summed E-state index contributed by atoms with van der Waals surface area (Å²) < 4.78 is 13.5. The van der Waals surface area contributed by atoms with Crippen LogP contribution in [0.25, 0.3) is 0 Å². The van der Waals surface area contributed by atoms with Crippen LogP contribution in [0, 0.1) is 19.7 Å². The topological polar surface area (TPSA) is 41.1 Å². The van der Waals surface area contributed by atoms with Gasteiger partial charge in [0.25, 0.3) is 5.91 Å². The van der Waals surface area contributed by atoms with Gasteiger partial charge in [-0.2, -0.15) is 0 Å². The van der Waals surface area contributed by atoms with Crippen LogP contribution in [0.2, 0.25) is 0 Å². The third kappa shape index (κ3) is 2.96. The average molecular weight is 272 g/mol. The minimum Gasteiger partial charge on any atom is -0.387 e. The lowest BCUT2D eigenvalue weighted by Crippen LogP contribution is -2.14. The van der Waals surface area contributed by atoms with E-state index < -0.39 is 0 Å². The molecule has 20 heavy (non-hydrogen) atoms. The molecule has 2 aromatic carbocycles. The number of carbonyl (C=O) groups excluding carboxylic acids is 1. The zero-order chi connectivity index (χ0) is 14.7. The van der Waals surface area contributed by atoms with Crippen molar-refractivity contribution in [1.29, 1.82) is 0 Å². The fourth-order valence-corrected chi connectivity index (χ4v) is 1.93. The van der Waals surface area contributed by atoms with E-state index >= 15 is 0 Å². The highest BCUT2D eigenvalue weighted by Crippen LogP contribution is 2.20.